The van der Waals surface area contributed by atoms with E-state index in [9.17, 15) is 8.78 Å². The van der Waals surface area contributed by atoms with Gasteiger partial charge in [0, 0.05) is 7.05 Å². The van der Waals surface area contributed by atoms with Gasteiger partial charge >= 0.3 is 0 Å². The summed E-state index contributed by atoms with van der Waals surface area (Å²) in [5.74, 6) is 0. The lowest BCUT2D eigenvalue weighted by molar-refractivity contribution is -0.0102. The van der Waals surface area contributed by atoms with Crippen LogP contribution in [0.5, 0.6) is 0 Å². The van der Waals surface area contributed by atoms with Crippen molar-refractivity contribution in [1.82, 2.24) is 9.78 Å². The summed E-state index contributed by atoms with van der Waals surface area (Å²) < 4.78 is 25.1. The Balaban J connectivity index is 3.00. The number of aliphatic hydroxyl groups is 1. The maximum Gasteiger partial charge on any atom is 0.269 e. The van der Waals surface area contributed by atoms with Crippen LogP contribution in [0.4, 0.5) is 8.78 Å². The second-order valence-electron chi connectivity index (χ2n) is 2.28. The van der Waals surface area contributed by atoms with Gasteiger partial charge in [0.05, 0.1) is 16.9 Å². The third kappa shape index (κ3) is 1.56. The van der Waals surface area contributed by atoms with E-state index in [0.29, 0.717) is 0 Å². The zero-order valence-corrected chi connectivity index (χ0v) is 6.96. The third-order valence-electron chi connectivity index (χ3n) is 1.46. The molecule has 0 aliphatic heterocycles. The normalized spacial score (nSPS) is 13.8. The fourth-order valence-electron chi connectivity index (χ4n) is 0.872. The van der Waals surface area contributed by atoms with Crippen molar-refractivity contribution < 1.29 is 13.9 Å². The molecule has 1 atom stereocenters. The van der Waals surface area contributed by atoms with E-state index in [4.69, 9.17) is 16.7 Å². The SMILES string of the molecule is Cn1ncc(Cl)c1C(O)C(F)F. The summed E-state index contributed by atoms with van der Waals surface area (Å²) in [7, 11) is 1.44. The Bertz CT molecular complexity index is 257. The summed E-state index contributed by atoms with van der Waals surface area (Å²) >= 11 is 5.51. The van der Waals surface area contributed by atoms with Gasteiger partial charge < -0.3 is 5.11 Å². The molecule has 0 aliphatic carbocycles. The Hall–Kier alpha value is -0.680. The first-order chi connectivity index (χ1) is 5.54. The van der Waals surface area contributed by atoms with Crippen LogP contribution in [0, 0.1) is 0 Å². The number of hydrogen-bond donors (Lipinski definition) is 1. The number of aromatic nitrogens is 2. The number of nitrogens with zero attached hydrogens (tertiary/aromatic N) is 2. The molecular weight excluding hydrogens is 190 g/mol. The van der Waals surface area contributed by atoms with Gasteiger partial charge in [0.25, 0.3) is 6.43 Å². The molecular formula is C6H7ClF2N2O. The number of hydrogen-bond acceptors (Lipinski definition) is 2. The van der Waals surface area contributed by atoms with Crippen molar-refractivity contribution in [2.24, 2.45) is 7.05 Å². The minimum absolute atomic E-state index is 0.0466. The first-order valence-corrected chi connectivity index (χ1v) is 3.55. The Morgan fingerprint density at radius 1 is 1.67 bits per heavy atom. The fraction of sp³-hybridized carbons (Fsp3) is 0.500. The van der Waals surface area contributed by atoms with Crippen LogP contribution in [0.25, 0.3) is 0 Å². The summed E-state index contributed by atoms with van der Waals surface area (Å²) in [5, 5.41) is 12.6. The van der Waals surface area contributed by atoms with E-state index < -0.39 is 12.5 Å². The number of halogens is 3. The van der Waals surface area contributed by atoms with E-state index in [1.165, 1.54) is 13.2 Å². The van der Waals surface area contributed by atoms with Crippen molar-refractivity contribution in [2.75, 3.05) is 0 Å². The highest BCUT2D eigenvalue weighted by atomic mass is 35.5. The van der Waals surface area contributed by atoms with Crippen LogP contribution in [-0.2, 0) is 7.05 Å². The van der Waals surface area contributed by atoms with Crippen molar-refractivity contribution in [3.8, 4) is 0 Å². The molecule has 0 aliphatic rings. The van der Waals surface area contributed by atoms with Crippen LogP contribution in [0.1, 0.15) is 11.8 Å². The van der Waals surface area contributed by atoms with Gasteiger partial charge in [-0.3, -0.25) is 4.68 Å². The summed E-state index contributed by atoms with van der Waals surface area (Å²) in [6, 6.07) is 0. The molecule has 1 rings (SSSR count). The molecule has 0 saturated carbocycles. The predicted molar refractivity (Wildman–Crippen MR) is 39.2 cm³/mol. The van der Waals surface area contributed by atoms with E-state index >= 15 is 0 Å². The monoisotopic (exact) mass is 196 g/mol. The average molecular weight is 197 g/mol. The minimum Gasteiger partial charge on any atom is -0.381 e. The summed E-state index contributed by atoms with van der Waals surface area (Å²) in [6.45, 7) is 0. The van der Waals surface area contributed by atoms with Gasteiger partial charge in [0.1, 0.15) is 0 Å². The zero-order chi connectivity index (χ0) is 9.30. The van der Waals surface area contributed by atoms with Gasteiger partial charge in [-0.2, -0.15) is 5.10 Å². The highest BCUT2D eigenvalue weighted by Gasteiger charge is 2.24. The standard InChI is InChI=1S/C6H7ClF2N2O/c1-11-4(3(7)2-10-11)5(12)6(8)9/h2,5-6,12H,1H3. The highest BCUT2D eigenvalue weighted by molar-refractivity contribution is 6.31. The van der Waals surface area contributed by atoms with Gasteiger partial charge in [-0.05, 0) is 0 Å². The molecule has 1 unspecified atom stereocenters. The Labute approximate surface area is 72.6 Å². The molecule has 0 fully saturated rings. The van der Waals surface area contributed by atoms with Crippen molar-refractivity contribution in [2.45, 2.75) is 12.5 Å². The number of aliphatic hydroxyl groups excluding tert-OH is 1. The summed E-state index contributed by atoms with van der Waals surface area (Å²) in [6.07, 6.45) is -3.51. The zero-order valence-electron chi connectivity index (χ0n) is 6.21. The smallest absolute Gasteiger partial charge is 0.269 e. The summed E-state index contributed by atoms with van der Waals surface area (Å²) in [4.78, 5) is 0. The van der Waals surface area contributed by atoms with Gasteiger partial charge in [-0.25, -0.2) is 8.78 Å². The molecule has 1 N–H and O–H groups in total. The Kier molecular flexibility index (Phi) is 2.64. The van der Waals surface area contributed by atoms with Crippen molar-refractivity contribution in [3.63, 3.8) is 0 Å². The fourth-order valence-corrected chi connectivity index (χ4v) is 1.15. The first kappa shape index (κ1) is 9.41. The molecule has 0 radical (unpaired) electrons. The predicted octanol–water partition coefficient (Wildman–Crippen LogP) is 1.37. The van der Waals surface area contributed by atoms with E-state index in [1.807, 2.05) is 0 Å². The molecule has 1 aromatic rings. The van der Waals surface area contributed by atoms with Gasteiger partial charge in [-0.1, -0.05) is 11.6 Å². The van der Waals surface area contributed by atoms with Crippen molar-refractivity contribution in [1.29, 1.82) is 0 Å². The second-order valence-corrected chi connectivity index (χ2v) is 2.69. The van der Waals surface area contributed by atoms with Gasteiger partial charge in [0.15, 0.2) is 6.10 Å². The third-order valence-corrected chi connectivity index (χ3v) is 1.75. The van der Waals surface area contributed by atoms with Crippen LogP contribution in [0.15, 0.2) is 6.20 Å². The lowest BCUT2D eigenvalue weighted by Gasteiger charge is -2.09. The average Bonchev–Trinajstić information content (AvgIpc) is 2.30. The molecule has 6 heteroatoms. The largest absolute Gasteiger partial charge is 0.381 e. The number of aryl methyl sites for hydroxylation is 1. The van der Waals surface area contributed by atoms with Crippen molar-refractivity contribution in [3.05, 3.63) is 16.9 Å². The summed E-state index contributed by atoms with van der Waals surface area (Å²) in [5.41, 5.74) is -0.0633. The minimum atomic E-state index is -2.85. The van der Waals surface area contributed by atoms with Crippen LogP contribution in [0.2, 0.25) is 5.02 Å². The number of alkyl halides is 2. The topological polar surface area (TPSA) is 38.0 Å². The maximum atomic E-state index is 12.0. The number of rotatable bonds is 2. The first-order valence-electron chi connectivity index (χ1n) is 3.17. The van der Waals surface area contributed by atoms with Gasteiger partial charge in [-0.15, -0.1) is 0 Å². The van der Waals surface area contributed by atoms with Crippen LogP contribution >= 0.6 is 11.6 Å². The lowest BCUT2D eigenvalue weighted by Crippen LogP contribution is -2.13. The molecule has 1 aromatic heterocycles. The quantitative estimate of drug-likeness (QED) is 0.776. The van der Waals surface area contributed by atoms with Crippen molar-refractivity contribution >= 4 is 11.6 Å². The molecule has 0 bridgehead atoms. The van der Waals surface area contributed by atoms with Crippen LogP contribution in [0.3, 0.4) is 0 Å². The van der Waals surface area contributed by atoms with E-state index in [-0.39, 0.29) is 10.7 Å². The highest BCUT2D eigenvalue weighted by Crippen LogP contribution is 2.26. The van der Waals surface area contributed by atoms with E-state index in [0.717, 1.165) is 4.68 Å². The lowest BCUT2D eigenvalue weighted by atomic mass is 10.2. The molecule has 0 aromatic carbocycles. The Morgan fingerprint density at radius 3 is 2.58 bits per heavy atom. The molecule has 0 spiro atoms. The van der Waals surface area contributed by atoms with Crippen LogP contribution < -0.4 is 0 Å². The Morgan fingerprint density at radius 2 is 2.25 bits per heavy atom. The molecule has 1 heterocycles. The van der Waals surface area contributed by atoms with Gasteiger partial charge in [0.2, 0.25) is 0 Å². The molecule has 3 nitrogen and oxygen atoms in total. The molecule has 0 amide bonds. The van der Waals surface area contributed by atoms with E-state index in [2.05, 4.69) is 5.10 Å². The maximum absolute atomic E-state index is 12.0. The molecule has 12 heavy (non-hydrogen) atoms. The second kappa shape index (κ2) is 3.37. The molecule has 68 valence electrons. The van der Waals surface area contributed by atoms with E-state index in [1.54, 1.807) is 0 Å². The molecule has 0 saturated heterocycles. The van der Waals surface area contributed by atoms with Crippen LogP contribution in [-0.4, -0.2) is 21.3 Å².